The fourth-order valence-electron chi connectivity index (χ4n) is 3.77. The van der Waals surface area contributed by atoms with Crippen LogP contribution in [0.1, 0.15) is 57.7 Å². The summed E-state index contributed by atoms with van der Waals surface area (Å²) in [6.45, 7) is 8.46. The highest BCUT2D eigenvalue weighted by Gasteiger charge is 2.38. The molecule has 0 unspecified atom stereocenters. The van der Waals surface area contributed by atoms with E-state index in [0.717, 1.165) is 6.07 Å². The van der Waals surface area contributed by atoms with Crippen molar-refractivity contribution in [3.63, 3.8) is 0 Å². The second-order valence-electron chi connectivity index (χ2n) is 8.21. The van der Waals surface area contributed by atoms with Crippen molar-refractivity contribution < 1.29 is 26.4 Å². The number of alkyl halides is 4. The maximum atomic E-state index is 14.6. The van der Waals surface area contributed by atoms with Crippen LogP contribution in [0.3, 0.4) is 0 Å². The summed E-state index contributed by atoms with van der Waals surface area (Å²) in [4.78, 5) is 6.00. The zero-order chi connectivity index (χ0) is 28.6. The van der Waals surface area contributed by atoms with E-state index in [2.05, 4.69) is 25.5 Å². The van der Waals surface area contributed by atoms with Crippen LogP contribution in [-0.4, -0.2) is 54.1 Å². The van der Waals surface area contributed by atoms with Gasteiger partial charge in [0.25, 0.3) is 11.8 Å². The number of likely N-dealkylation sites (tertiary alicyclic amines) is 1. The van der Waals surface area contributed by atoms with E-state index in [4.69, 9.17) is 4.42 Å². The molecule has 5 rings (SSSR count). The van der Waals surface area contributed by atoms with E-state index < -0.39 is 24.1 Å². The fourth-order valence-corrected chi connectivity index (χ4v) is 3.77. The fraction of sp³-hybridized carbons (Fsp3) is 0.423. The third-order valence-corrected chi connectivity index (χ3v) is 5.55. The van der Waals surface area contributed by atoms with Crippen molar-refractivity contribution >= 4 is 0 Å². The van der Waals surface area contributed by atoms with Gasteiger partial charge in [-0.05, 0) is 24.3 Å². The average molecular weight is 552 g/mol. The lowest BCUT2D eigenvalue weighted by atomic mass is 10.1. The lowest BCUT2D eigenvalue weighted by Crippen LogP contribution is -2.25. The van der Waals surface area contributed by atoms with Gasteiger partial charge in [0.2, 0.25) is 5.89 Å². The normalized spacial score (nSPS) is 14.5. The van der Waals surface area contributed by atoms with Gasteiger partial charge in [0.15, 0.2) is 0 Å². The van der Waals surface area contributed by atoms with Crippen LogP contribution in [0.4, 0.5) is 22.0 Å². The summed E-state index contributed by atoms with van der Waals surface area (Å²) >= 11 is 0. The van der Waals surface area contributed by atoms with Crippen LogP contribution in [0.5, 0.6) is 0 Å². The van der Waals surface area contributed by atoms with Gasteiger partial charge in [-0.25, -0.2) is 17.9 Å². The molecule has 13 heteroatoms. The Morgan fingerprint density at radius 3 is 2.31 bits per heavy atom. The SMILES string of the molecule is CC.CC.Fc1cc(-c2nnc(C(F)F)o2)ccc1Cn1cc(-c2ccc(CN3CCC(F)(F)C3)nc2)nn1. The second-order valence-corrected chi connectivity index (χ2v) is 8.21. The Morgan fingerprint density at radius 2 is 1.72 bits per heavy atom. The molecule has 1 aromatic carbocycles. The maximum Gasteiger partial charge on any atom is 0.314 e. The number of hydrogen-bond donors (Lipinski definition) is 0. The van der Waals surface area contributed by atoms with Crippen LogP contribution in [0, 0.1) is 5.82 Å². The molecule has 0 bridgehead atoms. The molecule has 210 valence electrons. The predicted octanol–water partition coefficient (Wildman–Crippen LogP) is 6.41. The second kappa shape index (κ2) is 13.4. The van der Waals surface area contributed by atoms with Gasteiger partial charge in [0.05, 0.1) is 25.0 Å². The minimum absolute atomic E-state index is 0.0694. The summed E-state index contributed by atoms with van der Waals surface area (Å²) in [7, 11) is 0. The maximum absolute atomic E-state index is 14.6. The minimum atomic E-state index is -2.91. The van der Waals surface area contributed by atoms with E-state index in [1.54, 1.807) is 29.4 Å². The molecule has 1 fully saturated rings. The van der Waals surface area contributed by atoms with Crippen molar-refractivity contribution in [1.29, 1.82) is 0 Å². The number of pyridine rings is 1. The van der Waals surface area contributed by atoms with E-state index in [0.29, 0.717) is 30.0 Å². The number of nitrogens with zero attached hydrogens (tertiary/aromatic N) is 7. The third kappa shape index (κ3) is 7.65. The van der Waals surface area contributed by atoms with Crippen molar-refractivity contribution in [1.82, 2.24) is 35.1 Å². The van der Waals surface area contributed by atoms with Gasteiger partial charge in [0.1, 0.15) is 11.5 Å². The summed E-state index contributed by atoms with van der Waals surface area (Å²) in [5, 5.41) is 14.8. The number of aromatic nitrogens is 6. The smallest absolute Gasteiger partial charge is 0.314 e. The Morgan fingerprint density at radius 1 is 0.974 bits per heavy atom. The topological polar surface area (TPSA) is 85.8 Å². The van der Waals surface area contributed by atoms with Crippen LogP contribution >= 0.6 is 0 Å². The molecule has 3 aromatic heterocycles. The predicted molar refractivity (Wildman–Crippen MR) is 135 cm³/mol. The molecule has 1 aliphatic rings. The largest absolute Gasteiger partial charge is 0.415 e. The Kier molecular flexibility index (Phi) is 10.2. The minimum Gasteiger partial charge on any atom is -0.415 e. The van der Waals surface area contributed by atoms with Crippen LogP contribution in [-0.2, 0) is 13.1 Å². The van der Waals surface area contributed by atoms with Gasteiger partial charge in [-0.3, -0.25) is 9.88 Å². The zero-order valence-electron chi connectivity index (χ0n) is 22.1. The van der Waals surface area contributed by atoms with Crippen LogP contribution in [0.25, 0.3) is 22.7 Å². The van der Waals surface area contributed by atoms with Crippen molar-refractivity contribution in [2.45, 2.75) is 59.6 Å². The van der Waals surface area contributed by atoms with E-state index >= 15 is 0 Å². The molecule has 0 amide bonds. The number of hydrogen-bond acceptors (Lipinski definition) is 7. The molecule has 4 aromatic rings. The van der Waals surface area contributed by atoms with Crippen LogP contribution in [0.2, 0.25) is 0 Å². The van der Waals surface area contributed by atoms with E-state index in [1.165, 1.54) is 16.8 Å². The molecule has 0 aliphatic carbocycles. The highest BCUT2D eigenvalue weighted by atomic mass is 19.3. The lowest BCUT2D eigenvalue weighted by Gasteiger charge is -2.14. The van der Waals surface area contributed by atoms with Crippen molar-refractivity contribution in [3.8, 4) is 22.7 Å². The number of halogens is 5. The molecule has 4 heterocycles. The van der Waals surface area contributed by atoms with Gasteiger partial charge < -0.3 is 4.42 Å². The molecule has 39 heavy (non-hydrogen) atoms. The summed E-state index contributed by atoms with van der Waals surface area (Å²) in [6.07, 6.45) is 0.156. The summed E-state index contributed by atoms with van der Waals surface area (Å²) in [5.41, 5.74) is 2.32. The van der Waals surface area contributed by atoms with Gasteiger partial charge >= 0.3 is 6.43 Å². The number of benzene rings is 1. The summed E-state index contributed by atoms with van der Waals surface area (Å²) in [5.74, 6) is -4.29. The van der Waals surface area contributed by atoms with Gasteiger partial charge in [-0.1, -0.05) is 39.0 Å². The summed E-state index contributed by atoms with van der Waals surface area (Å²) in [6, 6.07) is 7.60. The zero-order valence-corrected chi connectivity index (χ0v) is 22.1. The van der Waals surface area contributed by atoms with Crippen LogP contribution in [0.15, 0.2) is 47.1 Å². The van der Waals surface area contributed by atoms with Gasteiger partial charge in [0, 0.05) is 42.4 Å². The van der Waals surface area contributed by atoms with E-state index in [-0.39, 0.29) is 36.5 Å². The standard InChI is InChI=1S/C22H18F5N7O.2C2H6/c23-17-7-13(20-30-31-21(35-20)19(24)25)1-2-15(17)9-34-11-18(29-32-34)14-3-4-16(28-8-14)10-33-6-5-22(26,27)12-33;2*1-2/h1-4,7-8,11,19H,5-6,9-10,12H2;2*1-2H3. The van der Waals surface area contributed by atoms with E-state index in [1.807, 2.05) is 27.7 Å². The molecule has 0 N–H and O–H groups in total. The molecule has 0 radical (unpaired) electrons. The molecule has 0 spiro atoms. The number of rotatable bonds is 7. The van der Waals surface area contributed by atoms with Crippen LogP contribution < -0.4 is 0 Å². The van der Waals surface area contributed by atoms with Crippen molar-refractivity contribution in [2.24, 2.45) is 0 Å². The van der Waals surface area contributed by atoms with Crippen molar-refractivity contribution in [2.75, 3.05) is 13.1 Å². The first-order valence-corrected chi connectivity index (χ1v) is 12.6. The third-order valence-electron chi connectivity index (χ3n) is 5.55. The van der Waals surface area contributed by atoms with Gasteiger partial charge in [-0.15, -0.1) is 15.3 Å². The molecule has 0 saturated carbocycles. The van der Waals surface area contributed by atoms with Crippen molar-refractivity contribution in [3.05, 3.63) is 65.7 Å². The monoisotopic (exact) mass is 551 g/mol. The first-order chi connectivity index (χ1) is 18.8. The molecule has 1 aliphatic heterocycles. The lowest BCUT2D eigenvalue weighted by molar-refractivity contribution is 0.0114. The molecule has 8 nitrogen and oxygen atoms in total. The summed E-state index contributed by atoms with van der Waals surface area (Å²) < 4.78 is 72.8. The molecule has 1 saturated heterocycles. The van der Waals surface area contributed by atoms with Gasteiger partial charge in [-0.2, -0.15) is 8.78 Å². The Hall–Kier alpha value is -3.74. The molecular formula is C26H30F5N7O. The Bertz CT molecular complexity index is 1320. The highest BCUT2D eigenvalue weighted by molar-refractivity contribution is 5.56. The average Bonchev–Trinajstić information content (AvgIpc) is 3.69. The first-order valence-electron chi connectivity index (χ1n) is 12.6. The Balaban J connectivity index is 0.00000100. The first kappa shape index (κ1) is 29.8. The highest BCUT2D eigenvalue weighted by Crippen LogP contribution is 2.28. The Labute approximate surface area is 222 Å². The quantitative estimate of drug-likeness (QED) is 0.246. The molecular weight excluding hydrogens is 521 g/mol. The molecule has 0 atom stereocenters. The van der Waals surface area contributed by atoms with E-state index in [9.17, 15) is 22.0 Å².